The maximum Gasteiger partial charge on any atom is 0.219 e. The Hall–Kier alpha value is -2.73. The molecule has 30 heavy (non-hydrogen) atoms. The van der Waals surface area contributed by atoms with E-state index in [0.717, 1.165) is 55.2 Å². The summed E-state index contributed by atoms with van der Waals surface area (Å²) in [6.45, 7) is 10.6. The Kier molecular flexibility index (Phi) is 6.13. The molecule has 0 aliphatic carbocycles. The van der Waals surface area contributed by atoms with Crippen molar-refractivity contribution in [2.24, 2.45) is 0 Å². The van der Waals surface area contributed by atoms with Crippen LogP contribution in [0.15, 0.2) is 36.4 Å². The molecule has 0 bridgehead atoms. The van der Waals surface area contributed by atoms with Gasteiger partial charge in [-0.25, -0.2) is 9.67 Å². The van der Waals surface area contributed by atoms with Gasteiger partial charge in [-0.2, -0.15) is 0 Å². The summed E-state index contributed by atoms with van der Waals surface area (Å²) in [5, 5.41) is 12.2. The minimum atomic E-state index is 0.351. The fourth-order valence-electron chi connectivity index (χ4n) is 4.06. The van der Waals surface area contributed by atoms with Gasteiger partial charge in [-0.05, 0) is 81.4 Å². The van der Waals surface area contributed by atoms with E-state index < -0.39 is 0 Å². The molecule has 1 aliphatic rings. The molecule has 1 fully saturated rings. The fourth-order valence-corrected chi connectivity index (χ4v) is 4.06. The zero-order valence-electron chi connectivity index (χ0n) is 18.4. The third-order valence-corrected chi connectivity index (χ3v) is 5.96. The maximum atomic E-state index is 6.19. The van der Waals surface area contributed by atoms with Crippen molar-refractivity contribution in [3.8, 4) is 23.0 Å². The van der Waals surface area contributed by atoms with Gasteiger partial charge in [0.05, 0.1) is 17.4 Å². The molecule has 3 aromatic rings. The summed E-state index contributed by atoms with van der Waals surface area (Å²) in [5.74, 6) is 1.92. The van der Waals surface area contributed by atoms with E-state index in [-0.39, 0.29) is 0 Å². The van der Waals surface area contributed by atoms with Crippen LogP contribution in [-0.4, -0.2) is 33.1 Å². The molecule has 0 amide bonds. The van der Waals surface area contributed by atoms with Crippen LogP contribution in [0.1, 0.15) is 61.9 Å². The Labute approximate surface area is 178 Å². The van der Waals surface area contributed by atoms with Gasteiger partial charge in [0, 0.05) is 6.07 Å². The zero-order valence-corrected chi connectivity index (χ0v) is 18.4. The second kappa shape index (κ2) is 8.96. The molecular weight excluding hydrogens is 374 g/mol. The maximum absolute atomic E-state index is 6.19. The molecule has 6 heteroatoms. The summed E-state index contributed by atoms with van der Waals surface area (Å²) < 4.78 is 8.24. The number of nitrogens with zero attached hydrogens (tertiary/aromatic N) is 4. The van der Waals surface area contributed by atoms with Gasteiger partial charge in [0.25, 0.3) is 0 Å². The molecule has 2 aromatic heterocycles. The molecule has 0 radical (unpaired) electrons. The lowest BCUT2D eigenvalue weighted by Gasteiger charge is -2.24. The Balaban J connectivity index is 1.63. The molecule has 1 unspecified atom stereocenters. The van der Waals surface area contributed by atoms with Crippen LogP contribution in [-0.2, 0) is 0 Å². The van der Waals surface area contributed by atoms with Crippen LogP contribution in [0.25, 0.3) is 11.4 Å². The Morgan fingerprint density at radius 1 is 1.17 bits per heavy atom. The van der Waals surface area contributed by atoms with Gasteiger partial charge in [0.1, 0.15) is 11.4 Å². The third-order valence-electron chi connectivity index (χ3n) is 5.96. The van der Waals surface area contributed by atoms with Gasteiger partial charge in [-0.15, -0.1) is 5.10 Å². The van der Waals surface area contributed by atoms with Crippen LogP contribution in [0.2, 0.25) is 0 Å². The number of pyridine rings is 1. The van der Waals surface area contributed by atoms with E-state index in [1.807, 2.05) is 25.1 Å². The Morgan fingerprint density at radius 3 is 2.73 bits per heavy atom. The number of aromatic nitrogens is 4. The van der Waals surface area contributed by atoms with Crippen molar-refractivity contribution in [1.29, 1.82) is 0 Å². The van der Waals surface area contributed by atoms with Crippen molar-refractivity contribution in [3.63, 3.8) is 0 Å². The molecule has 4 rings (SSSR count). The molecule has 1 N–H and O–H groups in total. The molecule has 6 nitrogen and oxygen atoms in total. The van der Waals surface area contributed by atoms with Crippen LogP contribution in [0, 0.1) is 13.8 Å². The lowest BCUT2D eigenvalue weighted by Crippen LogP contribution is -2.30. The van der Waals surface area contributed by atoms with E-state index in [0.29, 0.717) is 17.8 Å². The van der Waals surface area contributed by atoms with Crippen LogP contribution >= 0.6 is 0 Å². The smallest absolute Gasteiger partial charge is 0.219 e. The quantitative estimate of drug-likeness (QED) is 0.611. The van der Waals surface area contributed by atoms with E-state index >= 15 is 0 Å². The van der Waals surface area contributed by atoms with Gasteiger partial charge in [0.15, 0.2) is 0 Å². The van der Waals surface area contributed by atoms with Crippen molar-refractivity contribution in [3.05, 3.63) is 53.2 Å². The normalized spacial score (nSPS) is 15.9. The largest absolute Gasteiger partial charge is 0.439 e. The fraction of sp³-hybridized carbons (Fsp3) is 0.458. The topological polar surface area (TPSA) is 64.9 Å². The van der Waals surface area contributed by atoms with Gasteiger partial charge in [0.2, 0.25) is 5.88 Å². The molecule has 158 valence electrons. The molecule has 1 aliphatic heterocycles. The molecule has 0 spiro atoms. The predicted octanol–water partition coefficient (Wildman–Crippen LogP) is 5.19. The standard InChI is InChI=1S/C24H31N5O/c1-5-17(3)19-13-16(2)14-21(15-19)30-23-8-6-7-22(26-23)24-18(4)27-28-29(24)20-9-11-25-12-10-20/h6-8,13-15,17,20,25H,5,9-12H2,1-4H3. The highest BCUT2D eigenvalue weighted by molar-refractivity contribution is 5.58. The first-order valence-electron chi connectivity index (χ1n) is 10.9. The van der Waals surface area contributed by atoms with Crippen molar-refractivity contribution in [2.45, 2.75) is 58.9 Å². The SMILES string of the molecule is CCC(C)c1cc(C)cc(Oc2cccc(-c3c(C)nnn3C3CCNCC3)n2)c1. The van der Waals surface area contributed by atoms with Gasteiger partial charge in [-0.1, -0.05) is 31.2 Å². The van der Waals surface area contributed by atoms with E-state index in [2.05, 4.69) is 59.3 Å². The third kappa shape index (κ3) is 4.38. The second-order valence-corrected chi connectivity index (χ2v) is 8.30. The second-order valence-electron chi connectivity index (χ2n) is 8.30. The number of aryl methyl sites for hydroxylation is 2. The van der Waals surface area contributed by atoms with Gasteiger partial charge < -0.3 is 10.1 Å². The predicted molar refractivity (Wildman–Crippen MR) is 119 cm³/mol. The molecular formula is C24H31N5O. The zero-order chi connectivity index (χ0) is 21.1. The van der Waals surface area contributed by atoms with Crippen LogP contribution in [0.4, 0.5) is 0 Å². The highest BCUT2D eigenvalue weighted by Gasteiger charge is 2.22. The summed E-state index contributed by atoms with van der Waals surface area (Å²) in [6.07, 6.45) is 3.20. The lowest BCUT2D eigenvalue weighted by atomic mass is 9.97. The average molecular weight is 406 g/mol. The van der Waals surface area contributed by atoms with Crippen molar-refractivity contribution in [1.82, 2.24) is 25.3 Å². The summed E-state index contributed by atoms with van der Waals surface area (Å²) >= 11 is 0. The van der Waals surface area contributed by atoms with Crippen molar-refractivity contribution >= 4 is 0 Å². The van der Waals surface area contributed by atoms with Crippen molar-refractivity contribution in [2.75, 3.05) is 13.1 Å². The van der Waals surface area contributed by atoms with Crippen LogP contribution in [0.5, 0.6) is 11.6 Å². The van der Waals surface area contributed by atoms with Crippen LogP contribution < -0.4 is 10.1 Å². The number of piperidine rings is 1. The van der Waals surface area contributed by atoms with E-state index in [1.54, 1.807) is 0 Å². The summed E-state index contributed by atoms with van der Waals surface area (Å²) in [6, 6.07) is 12.7. The number of hydrogen-bond donors (Lipinski definition) is 1. The van der Waals surface area contributed by atoms with E-state index in [9.17, 15) is 0 Å². The molecule has 0 saturated carbocycles. The van der Waals surface area contributed by atoms with Gasteiger partial charge >= 0.3 is 0 Å². The summed E-state index contributed by atoms with van der Waals surface area (Å²) in [4.78, 5) is 4.81. The Morgan fingerprint density at radius 2 is 1.97 bits per heavy atom. The van der Waals surface area contributed by atoms with E-state index in [4.69, 9.17) is 9.72 Å². The number of ether oxygens (including phenoxy) is 1. The first-order valence-corrected chi connectivity index (χ1v) is 10.9. The number of nitrogens with one attached hydrogen (secondary N) is 1. The number of benzene rings is 1. The van der Waals surface area contributed by atoms with Gasteiger partial charge in [-0.3, -0.25) is 0 Å². The molecule has 1 aromatic carbocycles. The molecule has 3 heterocycles. The Bertz CT molecular complexity index is 1010. The summed E-state index contributed by atoms with van der Waals surface area (Å²) in [5.41, 5.74) is 5.23. The first kappa shape index (κ1) is 20.5. The monoisotopic (exact) mass is 405 g/mol. The number of hydrogen-bond acceptors (Lipinski definition) is 5. The highest BCUT2D eigenvalue weighted by atomic mass is 16.5. The lowest BCUT2D eigenvalue weighted by molar-refractivity contribution is 0.340. The minimum absolute atomic E-state index is 0.351. The summed E-state index contributed by atoms with van der Waals surface area (Å²) in [7, 11) is 0. The minimum Gasteiger partial charge on any atom is -0.439 e. The number of rotatable bonds is 6. The van der Waals surface area contributed by atoms with Crippen molar-refractivity contribution < 1.29 is 4.74 Å². The van der Waals surface area contributed by atoms with E-state index in [1.165, 1.54) is 11.1 Å². The van der Waals surface area contributed by atoms with Crippen LogP contribution in [0.3, 0.4) is 0 Å². The average Bonchev–Trinajstić information content (AvgIpc) is 3.15. The molecule has 1 atom stereocenters. The highest BCUT2D eigenvalue weighted by Crippen LogP contribution is 2.31. The first-order chi connectivity index (χ1) is 14.5. The molecule has 1 saturated heterocycles.